The molecule has 0 unspecified atom stereocenters. The van der Waals surface area contributed by atoms with Gasteiger partial charge in [-0.05, 0) is 31.2 Å². The maximum Gasteiger partial charge on any atom is 0.260 e. The van der Waals surface area contributed by atoms with Crippen LogP contribution in [0.3, 0.4) is 0 Å². The number of hydrogen-bond acceptors (Lipinski definition) is 6. The first-order valence-corrected chi connectivity index (χ1v) is 9.79. The molecule has 3 aromatic rings. The van der Waals surface area contributed by atoms with Crippen molar-refractivity contribution in [2.75, 3.05) is 38.5 Å². The fourth-order valence-electron chi connectivity index (χ4n) is 3.45. The van der Waals surface area contributed by atoms with Crippen LogP contribution >= 0.6 is 0 Å². The number of nitrogens with zero attached hydrogens (tertiary/aromatic N) is 4. The third-order valence-electron chi connectivity index (χ3n) is 5.15. The van der Waals surface area contributed by atoms with Crippen LogP contribution < -0.4 is 10.5 Å². The zero-order valence-electron chi connectivity index (χ0n) is 16.5. The van der Waals surface area contributed by atoms with E-state index in [0.717, 1.165) is 29.6 Å². The average Bonchev–Trinajstić information content (AvgIpc) is 2.74. The van der Waals surface area contributed by atoms with Gasteiger partial charge in [-0.1, -0.05) is 29.8 Å². The number of piperazine rings is 1. The van der Waals surface area contributed by atoms with Crippen LogP contribution in [0.15, 0.2) is 48.5 Å². The minimum Gasteiger partial charge on any atom is -0.484 e. The molecule has 4 rings (SSSR count). The van der Waals surface area contributed by atoms with Gasteiger partial charge in [-0.2, -0.15) is 0 Å². The topological polar surface area (TPSA) is 84.6 Å². The molecule has 0 saturated carbocycles. The second-order valence-corrected chi connectivity index (χ2v) is 7.30. The number of aromatic nitrogens is 2. The molecule has 0 aliphatic carbocycles. The number of nitrogen functional groups attached to an aromatic ring is 1. The highest BCUT2D eigenvalue weighted by atomic mass is 16.5. The van der Waals surface area contributed by atoms with E-state index >= 15 is 0 Å². The van der Waals surface area contributed by atoms with Crippen LogP contribution in [0.1, 0.15) is 11.4 Å². The van der Waals surface area contributed by atoms with Gasteiger partial charge in [0.05, 0.1) is 12.1 Å². The summed E-state index contributed by atoms with van der Waals surface area (Å²) in [4.78, 5) is 25.6. The third-order valence-corrected chi connectivity index (χ3v) is 5.15. The van der Waals surface area contributed by atoms with E-state index in [-0.39, 0.29) is 12.5 Å². The third kappa shape index (κ3) is 4.63. The van der Waals surface area contributed by atoms with Crippen LogP contribution in [0, 0.1) is 6.92 Å². The molecule has 7 heteroatoms. The number of anilines is 1. The van der Waals surface area contributed by atoms with Crippen molar-refractivity contribution in [3.8, 4) is 5.75 Å². The Bertz CT molecular complexity index is 998. The van der Waals surface area contributed by atoms with Gasteiger partial charge in [-0.25, -0.2) is 9.97 Å². The SMILES string of the molecule is Cc1ccc(OCC(=O)N2CCN(Cc3nc(N)c4ccccc4n3)CC2)cc1. The van der Waals surface area contributed by atoms with E-state index in [9.17, 15) is 4.79 Å². The lowest BCUT2D eigenvalue weighted by atomic mass is 10.2. The number of para-hydroxylation sites is 1. The molecule has 2 heterocycles. The first-order chi connectivity index (χ1) is 14.1. The summed E-state index contributed by atoms with van der Waals surface area (Å²) >= 11 is 0. The predicted octanol–water partition coefficient (Wildman–Crippen LogP) is 2.24. The Labute approximate surface area is 170 Å². The molecule has 1 aromatic heterocycles. The van der Waals surface area contributed by atoms with E-state index in [1.807, 2.05) is 60.4 Å². The van der Waals surface area contributed by atoms with E-state index in [1.54, 1.807) is 0 Å². The van der Waals surface area contributed by atoms with Crippen molar-refractivity contribution in [1.82, 2.24) is 19.8 Å². The quantitative estimate of drug-likeness (QED) is 0.718. The molecular weight excluding hydrogens is 366 g/mol. The monoisotopic (exact) mass is 391 g/mol. The van der Waals surface area contributed by atoms with Crippen molar-refractivity contribution >= 4 is 22.6 Å². The summed E-state index contributed by atoms with van der Waals surface area (Å²) in [5.41, 5.74) is 8.10. The lowest BCUT2D eigenvalue weighted by molar-refractivity contribution is -0.135. The number of benzene rings is 2. The molecule has 7 nitrogen and oxygen atoms in total. The number of nitrogens with two attached hydrogens (primary N) is 1. The van der Waals surface area contributed by atoms with Crippen LogP contribution in [0.5, 0.6) is 5.75 Å². The summed E-state index contributed by atoms with van der Waals surface area (Å²) < 4.78 is 5.61. The number of amides is 1. The number of rotatable bonds is 5. The van der Waals surface area contributed by atoms with Crippen LogP contribution in [0.2, 0.25) is 0 Å². The molecule has 0 radical (unpaired) electrons. The molecular formula is C22H25N5O2. The van der Waals surface area contributed by atoms with Crippen LogP contribution in [0.25, 0.3) is 10.9 Å². The number of ether oxygens (including phenoxy) is 1. The number of aryl methyl sites for hydroxylation is 1. The normalized spacial score (nSPS) is 14.9. The molecule has 150 valence electrons. The lowest BCUT2D eigenvalue weighted by Gasteiger charge is -2.34. The summed E-state index contributed by atoms with van der Waals surface area (Å²) in [6, 6.07) is 15.5. The summed E-state index contributed by atoms with van der Waals surface area (Å²) in [7, 11) is 0. The minimum atomic E-state index is 0.0106. The van der Waals surface area contributed by atoms with Crippen LogP contribution in [-0.2, 0) is 11.3 Å². The summed E-state index contributed by atoms with van der Waals surface area (Å²) in [6.45, 7) is 5.58. The zero-order valence-corrected chi connectivity index (χ0v) is 16.5. The molecule has 2 aromatic carbocycles. The van der Waals surface area contributed by atoms with E-state index in [1.165, 1.54) is 0 Å². The fourth-order valence-corrected chi connectivity index (χ4v) is 3.45. The van der Waals surface area contributed by atoms with Gasteiger partial charge in [0.15, 0.2) is 6.61 Å². The smallest absolute Gasteiger partial charge is 0.260 e. The predicted molar refractivity (Wildman–Crippen MR) is 112 cm³/mol. The highest BCUT2D eigenvalue weighted by molar-refractivity contribution is 5.87. The molecule has 2 N–H and O–H groups in total. The molecule has 1 amide bonds. The Morgan fingerprint density at radius 2 is 1.76 bits per heavy atom. The van der Waals surface area contributed by atoms with Crippen molar-refractivity contribution in [3.63, 3.8) is 0 Å². The minimum absolute atomic E-state index is 0.0106. The molecule has 0 bridgehead atoms. The highest BCUT2D eigenvalue weighted by Crippen LogP contribution is 2.18. The highest BCUT2D eigenvalue weighted by Gasteiger charge is 2.22. The van der Waals surface area contributed by atoms with E-state index in [4.69, 9.17) is 10.5 Å². The Morgan fingerprint density at radius 3 is 2.52 bits per heavy atom. The van der Waals surface area contributed by atoms with Gasteiger partial charge in [0.2, 0.25) is 0 Å². The number of fused-ring (bicyclic) bond motifs is 1. The fraction of sp³-hybridized carbons (Fsp3) is 0.318. The summed E-state index contributed by atoms with van der Waals surface area (Å²) in [6.07, 6.45) is 0. The van der Waals surface area contributed by atoms with Gasteiger partial charge >= 0.3 is 0 Å². The number of hydrogen-bond donors (Lipinski definition) is 1. The van der Waals surface area contributed by atoms with Crippen LogP contribution in [0.4, 0.5) is 5.82 Å². The molecule has 1 aliphatic rings. The molecule has 1 fully saturated rings. The Morgan fingerprint density at radius 1 is 1.03 bits per heavy atom. The van der Waals surface area contributed by atoms with Crippen molar-refractivity contribution < 1.29 is 9.53 Å². The number of carbonyl (C=O) groups excluding carboxylic acids is 1. The van der Waals surface area contributed by atoms with E-state index in [0.29, 0.717) is 37.0 Å². The Kier molecular flexibility index (Phi) is 5.57. The summed E-state index contributed by atoms with van der Waals surface area (Å²) in [5.74, 6) is 1.95. The largest absolute Gasteiger partial charge is 0.484 e. The summed E-state index contributed by atoms with van der Waals surface area (Å²) in [5, 5.41) is 0.875. The first kappa shape index (κ1) is 19.1. The Hall–Kier alpha value is -3.19. The zero-order chi connectivity index (χ0) is 20.2. The van der Waals surface area contributed by atoms with Crippen molar-refractivity contribution in [2.24, 2.45) is 0 Å². The molecule has 29 heavy (non-hydrogen) atoms. The lowest BCUT2D eigenvalue weighted by Crippen LogP contribution is -2.49. The van der Waals surface area contributed by atoms with Crippen molar-refractivity contribution in [1.29, 1.82) is 0 Å². The second-order valence-electron chi connectivity index (χ2n) is 7.30. The van der Waals surface area contributed by atoms with Gasteiger partial charge in [-0.15, -0.1) is 0 Å². The van der Waals surface area contributed by atoms with Gasteiger partial charge < -0.3 is 15.4 Å². The maximum absolute atomic E-state index is 12.4. The Balaban J connectivity index is 1.29. The van der Waals surface area contributed by atoms with Crippen molar-refractivity contribution in [2.45, 2.75) is 13.5 Å². The molecule has 1 aliphatic heterocycles. The van der Waals surface area contributed by atoms with E-state index < -0.39 is 0 Å². The van der Waals surface area contributed by atoms with Crippen LogP contribution in [-0.4, -0.2) is 58.5 Å². The van der Waals surface area contributed by atoms with Crippen molar-refractivity contribution in [3.05, 3.63) is 59.9 Å². The van der Waals surface area contributed by atoms with Gasteiger partial charge in [0, 0.05) is 31.6 Å². The first-order valence-electron chi connectivity index (χ1n) is 9.79. The van der Waals surface area contributed by atoms with E-state index in [2.05, 4.69) is 14.9 Å². The van der Waals surface area contributed by atoms with Gasteiger partial charge in [-0.3, -0.25) is 9.69 Å². The second kappa shape index (κ2) is 8.45. The molecule has 1 saturated heterocycles. The standard InChI is InChI=1S/C22H25N5O2/c1-16-6-8-17(9-7-16)29-15-21(28)27-12-10-26(11-13-27)14-20-24-19-5-3-2-4-18(19)22(23)25-20/h2-9H,10-15H2,1H3,(H2,23,24,25). The molecule has 0 spiro atoms. The van der Waals surface area contributed by atoms with Gasteiger partial charge in [0.1, 0.15) is 17.4 Å². The average molecular weight is 391 g/mol. The van der Waals surface area contributed by atoms with Gasteiger partial charge in [0.25, 0.3) is 5.91 Å². The maximum atomic E-state index is 12.4. The number of carbonyl (C=O) groups is 1. The molecule has 0 atom stereocenters.